The van der Waals surface area contributed by atoms with Crippen LogP contribution in [0.2, 0.25) is 0 Å². The van der Waals surface area contributed by atoms with Gasteiger partial charge in [0.05, 0.1) is 12.2 Å². The molecule has 0 saturated heterocycles. The number of aryl methyl sites for hydroxylation is 3. The van der Waals surface area contributed by atoms with Crippen LogP contribution < -0.4 is 10.6 Å². The van der Waals surface area contributed by atoms with Crippen molar-refractivity contribution in [3.05, 3.63) is 29.2 Å². The van der Waals surface area contributed by atoms with Gasteiger partial charge in [0.15, 0.2) is 0 Å². The van der Waals surface area contributed by atoms with Gasteiger partial charge in [0, 0.05) is 19.0 Å². The zero-order valence-corrected chi connectivity index (χ0v) is 13.2. The highest BCUT2D eigenvalue weighted by Crippen LogP contribution is 2.14. The molecule has 0 radical (unpaired) electrons. The number of rotatable bonds is 7. The van der Waals surface area contributed by atoms with Gasteiger partial charge < -0.3 is 15.1 Å². The van der Waals surface area contributed by atoms with Crippen LogP contribution >= 0.6 is 0 Å². The fourth-order valence-corrected chi connectivity index (χ4v) is 1.98. The molecule has 0 unspecified atom stereocenters. The second-order valence-corrected chi connectivity index (χ2v) is 4.94. The summed E-state index contributed by atoms with van der Waals surface area (Å²) in [7, 11) is 0. The van der Waals surface area contributed by atoms with E-state index in [1.165, 1.54) is 0 Å². The van der Waals surface area contributed by atoms with Gasteiger partial charge >= 0.3 is 0 Å². The number of oxazole rings is 1. The van der Waals surface area contributed by atoms with Crippen LogP contribution in [0.15, 0.2) is 10.5 Å². The molecule has 2 aromatic rings. The summed E-state index contributed by atoms with van der Waals surface area (Å²) in [4.78, 5) is 13.4. The molecule has 0 bridgehead atoms. The SMILES string of the molecule is CCCc1nc(NCC)cc(NCc2nc(C)c(C)o2)n1. The first kappa shape index (κ1) is 15.3. The third kappa shape index (κ3) is 4.18. The molecular weight excluding hydrogens is 266 g/mol. The van der Waals surface area contributed by atoms with Crippen LogP contribution in [0.25, 0.3) is 0 Å². The zero-order chi connectivity index (χ0) is 15.2. The van der Waals surface area contributed by atoms with E-state index in [0.717, 1.165) is 48.3 Å². The monoisotopic (exact) mass is 289 g/mol. The topological polar surface area (TPSA) is 75.9 Å². The number of aromatic nitrogens is 3. The Morgan fingerprint density at radius 3 is 2.33 bits per heavy atom. The number of nitrogens with one attached hydrogen (secondary N) is 2. The molecule has 0 aromatic carbocycles. The molecule has 0 aliphatic heterocycles. The van der Waals surface area contributed by atoms with E-state index in [2.05, 4.69) is 32.5 Å². The van der Waals surface area contributed by atoms with Crippen molar-refractivity contribution >= 4 is 11.6 Å². The Hall–Kier alpha value is -2.11. The van der Waals surface area contributed by atoms with Gasteiger partial charge in [-0.1, -0.05) is 6.92 Å². The molecule has 0 atom stereocenters. The Morgan fingerprint density at radius 1 is 1.05 bits per heavy atom. The first-order valence-electron chi connectivity index (χ1n) is 7.41. The van der Waals surface area contributed by atoms with Crippen LogP contribution in [-0.4, -0.2) is 21.5 Å². The summed E-state index contributed by atoms with van der Waals surface area (Å²) in [5, 5.41) is 6.48. The molecule has 114 valence electrons. The third-order valence-corrected chi connectivity index (χ3v) is 3.10. The molecule has 0 aliphatic carbocycles. The summed E-state index contributed by atoms with van der Waals surface area (Å²) in [6.07, 6.45) is 1.89. The van der Waals surface area contributed by atoms with Crippen molar-refractivity contribution in [1.82, 2.24) is 15.0 Å². The second-order valence-electron chi connectivity index (χ2n) is 4.94. The summed E-state index contributed by atoms with van der Waals surface area (Å²) in [5.74, 6) is 4.01. The van der Waals surface area contributed by atoms with E-state index in [4.69, 9.17) is 4.42 Å². The van der Waals surface area contributed by atoms with Gasteiger partial charge in [-0.05, 0) is 27.2 Å². The molecule has 21 heavy (non-hydrogen) atoms. The zero-order valence-electron chi connectivity index (χ0n) is 13.2. The van der Waals surface area contributed by atoms with E-state index < -0.39 is 0 Å². The van der Waals surface area contributed by atoms with Gasteiger partial charge in [0.2, 0.25) is 5.89 Å². The van der Waals surface area contributed by atoms with Gasteiger partial charge in [-0.25, -0.2) is 15.0 Å². The van der Waals surface area contributed by atoms with E-state index in [1.54, 1.807) is 0 Å². The van der Waals surface area contributed by atoms with Crippen LogP contribution in [-0.2, 0) is 13.0 Å². The van der Waals surface area contributed by atoms with Gasteiger partial charge in [0.25, 0.3) is 0 Å². The molecule has 0 spiro atoms. The van der Waals surface area contributed by atoms with Crippen LogP contribution in [0.3, 0.4) is 0 Å². The predicted octanol–water partition coefficient (Wildman–Crippen LogP) is 3.08. The lowest BCUT2D eigenvalue weighted by atomic mass is 10.3. The average molecular weight is 289 g/mol. The standard InChI is InChI=1S/C15H23N5O/c1-5-7-12-19-13(16-6-2)8-14(20-12)17-9-15-18-10(3)11(4)21-15/h8H,5-7,9H2,1-4H3,(H2,16,17,19,20). The van der Waals surface area contributed by atoms with Crippen LogP contribution in [0.5, 0.6) is 0 Å². The van der Waals surface area contributed by atoms with Crippen molar-refractivity contribution < 1.29 is 4.42 Å². The van der Waals surface area contributed by atoms with Crippen molar-refractivity contribution in [2.24, 2.45) is 0 Å². The van der Waals surface area contributed by atoms with E-state index in [0.29, 0.717) is 12.4 Å². The molecule has 0 saturated carbocycles. The maximum absolute atomic E-state index is 5.56. The minimum Gasteiger partial charge on any atom is -0.444 e. The smallest absolute Gasteiger partial charge is 0.213 e. The Bertz CT molecular complexity index is 550. The lowest BCUT2D eigenvalue weighted by Gasteiger charge is -2.09. The Morgan fingerprint density at radius 2 is 1.76 bits per heavy atom. The summed E-state index contributed by atoms with van der Waals surface area (Å²) < 4.78 is 5.56. The van der Waals surface area contributed by atoms with E-state index in [9.17, 15) is 0 Å². The highest BCUT2D eigenvalue weighted by molar-refractivity contribution is 5.47. The summed E-state index contributed by atoms with van der Waals surface area (Å²) in [6, 6.07) is 1.91. The minimum atomic E-state index is 0.517. The van der Waals surface area contributed by atoms with Crippen molar-refractivity contribution in [1.29, 1.82) is 0 Å². The quantitative estimate of drug-likeness (QED) is 0.815. The maximum Gasteiger partial charge on any atom is 0.213 e. The summed E-state index contributed by atoms with van der Waals surface area (Å²) in [5.41, 5.74) is 0.925. The summed E-state index contributed by atoms with van der Waals surface area (Å²) in [6.45, 7) is 9.37. The van der Waals surface area contributed by atoms with Crippen molar-refractivity contribution in [2.75, 3.05) is 17.2 Å². The molecular formula is C15H23N5O. The molecule has 2 heterocycles. The molecule has 2 rings (SSSR count). The Kier molecular flexibility index (Phi) is 5.14. The highest BCUT2D eigenvalue weighted by Gasteiger charge is 2.07. The first-order chi connectivity index (χ1) is 10.1. The number of hydrogen-bond donors (Lipinski definition) is 2. The largest absolute Gasteiger partial charge is 0.444 e. The van der Waals surface area contributed by atoms with Crippen LogP contribution in [0, 0.1) is 13.8 Å². The highest BCUT2D eigenvalue weighted by atomic mass is 16.4. The maximum atomic E-state index is 5.56. The van der Waals surface area contributed by atoms with E-state index in [-0.39, 0.29) is 0 Å². The van der Waals surface area contributed by atoms with Crippen molar-refractivity contribution in [3.63, 3.8) is 0 Å². The Labute approximate surface area is 125 Å². The molecule has 2 N–H and O–H groups in total. The lowest BCUT2D eigenvalue weighted by Crippen LogP contribution is -2.08. The fourth-order valence-electron chi connectivity index (χ4n) is 1.98. The van der Waals surface area contributed by atoms with Crippen LogP contribution in [0.1, 0.15) is 43.4 Å². The van der Waals surface area contributed by atoms with Crippen molar-refractivity contribution in [2.45, 2.75) is 47.1 Å². The minimum absolute atomic E-state index is 0.517. The number of hydrogen-bond acceptors (Lipinski definition) is 6. The second kappa shape index (κ2) is 7.06. The normalized spacial score (nSPS) is 10.7. The molecule has 0 amide bonds. The number of anilines is 2. The number of nitrogens with zero attached hydrogens (tertiary/aromatic N) is 3. The van der Waals surface area contributed by atoms with Crippen LogP contribution in [0.4, 0.5) is 11.6 Å². The molecule has 6 nitrogen and oxygen atoms in total. The van der Waals surface area contributed by atoms with Gasteiger partial charge in [-0.15, -0.1) is 0 Å². The average Bonchev–Trinajstić information content (AvgIpc) is 2.76. The predicted molar refractivity (Wildman–Crippen MR) is 83.5 cm³/mol. The van der Waals surface area contributed by atoms with Crippen molar-refractivity contribution in [3.8, 4) is 0 Å². The van der Waals surface area contributed by atoms with Gasteiger partial charge in [-0.3, -0.25) is 0 Å². The third-order valence-electron chi connectivity index (χ3n) is 3.10. The summed E-state index contributed by atoms with van der Waals surface area (Å²) >= 11 is 0. The fraction of sp³-hybridized carbons (Fsp3) is 0.533. The van der Waals surface area contributed by atoms with E-state index in [1.807, 2.05) is 26.8 Å². The first-order valence-corrected chi connectivity index (χ1v) is 7.41. The molecule has 0 aliphatic rings. The molecule has 6 heteroatoms. The lowest BCUT2D eigenvalue weighted by molar-refractivity contribution is 0.478. The van der Waals surface area contributed by atoms with Gasteiger partial charge in [0.1, 0.15) is 23.2 Å². The molecule has 2 aromatic heterocycles. The molecule has 0 fully saturated rings. The van der Waals surface area contributed by atoms with E-state index >= 15 is 0 Å². The Balaban J connectivity index is 2.10. The van der Waals surface area contributed by atoms with Gasteiger partial charge in [-0.2, -0.15) is 0 Å².